The van der Waals surface area contributed by atoms with Crippen molar-refractivity contribution < 1.29 is 23.8 Å². The monoisotopic (exact) mass is 351 g/mol. The molecule has 1 aromatic carbocycles. The second-order valence-electron chi connectivity index (χ2n) is 7.68. The van der Waals surface area contributed by atoms with E-state index in [9.17, 15) is 9.59 Å². The smallest absolute Gasteiger partial charge is 0.408 e. The number of rotatable bonds is 6. The number of alkyl carbamates (subject to hydrolysis) is 1. The first-order valence-electron chi connectivity index (χ1n) is 8.36. The van der Waals surface area contributed by atoms with Crippen LogP contribution in [0.15, 0.2) is 30.3 Å². The van der Waals surface area contributed by atoms with Crippen LogP contribution in [-0.4, -0.2) is 35.9 Å². The van der Waals surface area contributed by atoms with E-state index < -0.39 is 29.3 Å². The first-order chi connectivity index (χ1) is 11.5. The van der Waals surface area contributed by atoms with Crippen LogP contribution >= 0.6 is 0 Å². The third-order valence-electron chi connectivity index (χ3n) is 2.80. The fourth-order valence-electron chi connectivity index (χ4n) is 1.88. The van der Waals surface area contributed by atoms with Gasteiger partial charge >= 0.3 is 12.1 Å². The lowest BCUT2D eigenvalue weighted by atomic mass is 10.1. The number of carbonyl (C=O) groups excluding carboxylic acids is 2. The molecule has 0 spiro atoms. The van der Waals surface area contributed by atoms with Crippen LogP contribution in [-0.2, 0) is 14.3 Å². The van der Waals surface area contributed by atoms with E-state index in [-0.39, 0.29) is 13.0 Å². The number of ether oxygens (including phenoxy) is 3. The zero-order valence-electron chi connectivity index (χ0n) is 15.9. The molecule has 0 bridgehead atoms. The summed E-state index contributed by atoms with van der Waals surface area (Å²) in [7, 11) is 0. The predicted octanol–water partition coefficient (Wildman–Crippen LogP) is 3.69. The van der Waals surface area contributed by atoms with Gasteiger partial charge in [-0.05, 0) is 53.7 Å². The van der Waals surface area contributed by atoms with Crippen molar-refractivity contribution >= 4 is 12.1 Å². The third kappa shape index (κ3) is 9.59. The average Bonchev–Trinajstić information content (AvgIpc) is 2.43. The topological polar surface area (TPSA) is 73.9 Å². The summed E-state index contributed by atoms with van der Waals surface area (Å²) in [5, 5.41) is 2.57. The van der Waals surface area contributed by atoms with E-state index in [1.54, 1.807) is 41.5 Å². The minimum atomic E-state index is -0.849. The van der Waals surface area contributed by atoms with Crippen molar-refractivity contribution in [1.82, 2.24) is 5.32 Å². The lowest BCUT2D eigenvalue weighted by molar-refractivity contribution is -0.157. The first-order valence-corrected chi connectivity index (χ1v) is 8.36. The Balaban J connectivity index is 2.66. The normalized spacial score (nSPS) is 12.9. The van der Waals surface area contributed by atoms with Gasteiger partial charge in [0, 0.05) is 6.42 Å². The Bertz CT molecular complexity index is 557. The van der Waals surface area contributed by atoms with Gasteiger partial charge in [0.25, 0.3) is 0 Å². The molecule has 1 amide bonds. The molecule has 1 atom stereocenters. The van der Waals surface area contributed by atoms with Gasteiger partial charge in [0.05, 0.1) is 6.61 Å². The number of esters is 1. The Labute approximate surface area is 149 Å². The zero-order valence-corrected chi connectivity index (χ0v) is 15.9. The molecular weight excluding hydrogens is 322 g/mol. The maximum atomic E-state index is 12.4. The van der Waals surface area contributed by atoms with E-state index in [4.69, 9.17) is 14.2 Å². The fraction of sp³-hybridized carbons (Fsp3) is 0.579. The molecule has 0 aliphatic carbocycles. The summed E-state index contributed by atoms with van der Waals surface area (Å²) in [5.41, 5.74) is -1.30. The molecule has 25 heavy (non-hydrogen) atoms. The van der Waals surface area contributed by atoms with E-state index in [0.29, 0.717) is 5.75 Å². The maximum Gasteiger partial charge on any atom is 0.408 e. The summed E-state index contributed by atoms with van der Waals surface area (Å²) in [6.45, 7) is 10.8. The van der Waals surface area contributed by atoms with Crippen LogP contribution in [0, 0.1) is 0 Å². The molecule has 1 rings (SSSR count). The summed E-state index contributed by atoms with van der Waals surface area (Å²) < 4.78 is 16.2. The van der Waals surface area contributed by atoms with Crippen molar-refractivity contribution in [3.05, 3.63) is 30.3 Å². The van der Waals surface area contributed by atoms with E-state index in [0.717, 1.165) is 0 Å². The molecule has 140 valence electrons. The molecule has 0 radical (unpaired) electrons. The molecular formula is C19H29NO5. The molecule has 6 nitrogen and oxygen atoms in total. The molecule has 0 fully saturated rings. The Kier molecular flexibility index (Phi) is 7.27. The van der Waals surface area contributed by atoms with Gasteiger partial charge in [-0.1, -0.05) is 18.2 Å². The third-order valence-corrected chi connectivity index (χ3v) is 2.80. The lowest BCUT2D eigenvalue weighted by Gasteiger charge is -2.26. The van der Waals surface area contributed by atoms with Gasteiger partial charge in [0.1, 0.15) is 23.0 Å². The van der Waals surface area contributed by atoms with E-state index >= 15 is 0 Å². The van der Waals surface area contributed by atoms with Crippen LogP contribution < -0.4 is 10.1 Å². The number of carbonyl (C=O) groups is 2. The fourth-order valence-corrected chi connectivity index (χ4v) is 1.88. The molecule has 0 aliphatic heterocycles. The highest BCUT2D eigenvalue weighted by atomic mass is 16.6. The van der Waals surface area contributed by atoms with E-state index in [2.05, 4.69) is 5.32 Å². The number of amides is 1. The predicted molar refractivity (Wildman–Crippen MR) is 95.6 cm³/mol. The van der Waals surface area contributed by atoms with Gasteiger partial charge in [0.2, 0.25) is 0 Å². The molecule has 0 saturated heterocycles. The van der Waals surface area contributed by atoms with E-state index in [1.807, 2.05) is 30.3 Å². The van der Waals surface area contributed by atoms with Crippen molar-refractivity contribution in [2.75, 3.05) is 6.61 Å². The molecule has 0 aliphatic rings. The summed E-state index contributed by atoms with van der Waals surface area (Å²) in [5.74, 6) is 0.178. The van der Waals surface area contributed by atoms with Gasteiger partial charge in [-0.25, -0.2) is 9.59 Å². The van der Waals surface area contributed by atoms with Crippen molar-refractivity contribution in [1.29, 1.82) is 0 Å². The van der Waals surface area contributed by atoms with Gasteiger partial charge in [0.15, 0.2) is 0 Å². The first kappa shape index (κ1) is 20.8. The van der Waals surface area contributed by atoms with Crippen molar-refractivity contribution in [3.8, 4) is 5.75 Å². The quantitative estimate of drug-likeness (QED) is 0.791. The minimum absolute atomic E-state index is 0.254. The number of hydrogen-bond donors (Lipinski definition) is 1. The van der Waals surface area contributed by atoms with Crippen LogP contribution in [0.2, 0.25) is 0 Å². The van der Waals surface area contributed by atoms with Crippen molar-refractivity contribution in [3.63, 3.8) is 0 Å². The Hall–Kier alpha value is -2.24. The van der Waals surface area contributed by atoms with Crippen LogP contribution in [0.5, 0.6) is 5.75 Å². The number of benzene rings is 1. The summed E-state index contributed by atoms with van der Waals surface area (Å²) in [4.78, 5) is 24.3. The second kappa shape index (κ2) is 8.74. The van der Waals surface area contributed by atoms with Crippen LogP contribution in [0.3, 0.4) is 0 Å². The number of para-hydroxylation sites is 1. The number of nitrogens with one attached hydrogen (secondary N) is 1. The standard InChI is InChI=1S/C19H29NO5/c1-18(2,3)24-16(21)15(20-17(22)25-19(4,5)6)12-13-23-14-10-8-7-9-11-14/h7-11,15H,12-13H2,1-6H3,(H,20,22)/t15-/m0/s1. The Morgan fingerprint density at radius 3 is 2.04 bits per heavy atom. The summed E-state index contributed by atoms with van der Waals surface area (Å²) >= 11 is 0. The molecule has 6 heteroatoms. The SMILES string of the molecule is CC(C)(C)OC(=O)N[C@@H](CCOc1ccccc1)C(=O)OC(C)(C)C. The Morgan fingerprint density at radius 1 is 0.960 bits per heavy atom. The lowest BCUT2D eigenvalue weighted by Crippen LogP contribution is -2.46. The largest absolute Gasteiger partial charge is 0.494 e. The highest BCUT2D eigenvalue weighted by Crippen LogP contribution is 2.13. The molecule has 0 saturated carbocycles. The minimum Gasteiger partial charge on any atom is -0.494 e. The molecule has 0 heterocycles. The molecule has 1 aromatic rings. The van der Waals surface area contributed by atoms with Gasteiger partial charge in [-0.3, -0.25) is 0 Å². The molecule has 1 N–H and O–H groups in total. The van der Waals surface area contributed by atoms with Crippen LogP contribution in [0.4, 0.5) is 4.79 Å². The molecule has 0 aromatic heterocycles. The van der Waals surface area contributed by atoms with Gasteiger partial charge in [-0.15, -0.1) is 0 Å². The van der Waals surface area contributed by atoms with E-state index in [1.165, 1.54) is 0 Å². The Morgan fingerprint density at radius 2 is 1.52 bits per heavy atom. The van der Waals surface area contributed by atoms with Crippen LogP contribution in [0.1, 0.15) is 48.0 Å². The highest BCUT2D eigenvalue weighted by Gasteiger charge is 2.28. The maximum absolute atomic E-state index is 12.4. The van der Waals surface area contributed by atoms with Crippen molar-refractivity contribution in [2.24, 2.45) is 0 Å². The zero-order chi connectivity index (χ0) is 19.1. The van der Waals surface area contributed by atoms with Crippen molar-refractivity contribution in [2.45, 2.75) is 65.2 Å². The van der Waals surface area contributed by atoms with Crippen LogP contribution in [0.25, 0.3) is 0 Å². The summed E-state index contributed by atoms with van der Waals surface area (Å²) in [6, 6.07) is 8.41. The van der Waals surface area contributed by atoms with Gasteiger partial charge in [-0.2, -0.15) is 0 Å². The molecule has 0 unspecified atom stereocenters. The number of hydrogen-bond acceptors (Lipinski definition) is 5. The van der Waals surface area contributed by atoms with Gasteiger partial charge < -0.3 is 19.5 Å². The average molecular weight is 351 g/mol. The summed E-state index contributed by atoms with van der Waals surface area (Å²) in [6.07, 6.45) is -0.397. The highest BCUT2D eigenvalue weighted by molar-refractivity contribution is 5.81. The second-order valence-corrected chi connectivity index (χ2v) is 7.68.